The Bertz CT molecular complexity index is 489. The molecule has 19 heavy (non-hydrogen) atoms. The van der Waals surface area contributed by atoms with Crippen LogP contribution in [-0.4, -0.2) is 48.5 Å². The van der Waals surface area contributed by atoms with E-state index in [1.807, 2.05) is 32.0 Å². The number of guanidine groups is 1. The number of nitrogens with zero attached hydrogens (tertiary/aromatic N) is 4. The molecule has 0 amide bonds. The van der Waals surface area contributed by atoms with Crippen molar-refractivity contribution in [3.05, 3.63) is 23.8 Å². The highest BCUT2D eigenvalue weighted by Crippen LogP contribution is 2.30. The molecule has 1 heterocycles. The molecule has 7 nitrogen and oxygen atoms in total. The van der Waals surface area contributed by atoms with Gasteiger partial charge in [-0.25, -0.2) is 10.4 Å². The third-order valence-electron chi connectivity index (χ3n) is 2.80. The van der Waals surface area contributed by atoms with Crippen LogP contribution in [0.25, 0.3) is 0 Å². The van der Waals surface area contributed by atoms with Gasteiger partial charge in [0.15, 0.2) is 0 Å². The molecule has 0 fully saturated rings. The fraction of sp³-hybridized carbons (Fsp3) is 0.417. The van der Waals surface area contributed by atoms with E-state index in [9.17, 15) is 10.4 Å². The van der Waals surface area contributed by atoms with Gasteiger partial charge in [-0.15, -0.1) is 0 Å². The van der Waals surface area contributed by atoms with Crippen molar-refractivity contribution in [3.63, 3.8) is 0 Å². The summed E-state index contributed by atoms with van der Waals surface area (Å²) in [6.45, 7) is 3.19. The van der Waals surface area contributed by atoms with Gasteiger partial charge in [0, 0.05) is 6.54 Å². The van der Waals surface area contributed by atoms with Crippen LogP contribution in [0.1, 0.15) is 5.56 Å². The zero-order chi connectivity index (χ0) is 14.0. The van der Waals surface area contributed by atoms with Gasteiger partial charge in [0.2, 0.25) is 5.96 Å². The first kappa shape index (κ1) is 13.6. The van der Waals surface area contributed by atoms with Crippen molar-refractivity contribution in [2.75, 3.05) is 37.4 Å². The van der Waals surface area contributed by atoms with Gasteiger partial charge in [-0.2, -0.15) is 10.2 Å². The van der Waals surface area contributed by atoms with E-state index in [-0.39, 0.29) is 5.96 Å². The Balaban J connectivity index is 2.23. The van der Waals surface area contributed by atoms with Crippen molar-refractivity contribution in [3.8, 4) is 0 Å². The quantitative estimate of drug-likeness (QED) is 0.751. The molecule has 1 aliphatic heterocycles. The lowest BCUT2D eigenvalue weighted by Crippen LogP contribution is -2.52. The van der Waals surface area contributed by atoms with Crippen molar-refractivity contribution >= 4 is 17.3 Å². The lowest BCUT2D eigenvalue weighted by Gasteiger charge is -2.33. The second-order valence-corrected chi connectivity index (χ2v) is 4.74. The van der Waals surface area contributed by atoms with Gasteiger partial charge in [-0.3, -0.25) is 10.4 Å². The van der Waals surface area contributed by atoms with Crippen molar-refractivity contribution in [2.45, 2.75) is 6.92 Å². The molecule has 104 valence electrons. The first-order valence-corrected chi connectivity index (χ1v) is 6.03. The molecular formula is C12H19N5O2. The molecule has 0 saturated carbocycles. The van der Waals surface area contributed by atoms with E-state index in [0.29, 0.717) is 17.9 Å². The van der Waals surface area contributed by atoms with E-state index in [0.717, 1.165) is 22.3 Å². The Morgan fingerprint density at radius 2 is 2.00 bits per heavy atom. The number of hydrogen-bond acceptors (Lipinski definition) is 5. The number of hydrogen-bond donors (Lipinski definition) is 3. The number of rotatable bonds is 3. The van der Waals surface area contributed by atoms with Gasteiger partial charge >= 0.3 is 0 Å². The summed E-state index contributed by atoms with van der Waals surface area (Å²) in [7, 11) is 3.89. The van der Waals surface area contributed by atoms with Gasteiger partial charge in [0.25, 0.3) is 0 Å². The summed E-state index contributed by atoms with van der Waals surface area (Å²) in [4.78, 5) is 6.21. The maximum Gasteiger partial charge on any atom is 0.244 e. The number of hydroxylamine groups is 1. The number of anilines is 2. The Morgan fingerprint density at radius 1 is 1.26 bits per heavy atom. The van der Waals surface area contributed by atoms with Crippen LogP contribution in [0.3, 0.4) is 0 Å². The standard InChI is InChI=1S/C12H19N5O2/c1-9-4-5-10-11(8-9)16(18)12(14-17(10)19)13-6-7-15(2)3/h4-5,8,18-19H,6-7H2,1-3H3,(H,13,14). The number of aliphatic imine (C=N–C) groups is 1. The minimum atomic E-state index is 0.197. The van der Waals surface area contributed by atoms with Crippen LogP contribution in [0.5, 0.6) is 0 Å². The monoisotopic (exact) mass is 265 g/mol. The first-order chi connectivity index (χ1) is 8.99. The first-order valence-electron chi connectivity index (χ1n) is 6.03. The molecule has 1 aromatic carbocycles. The number of likely N-dealkylation sites (N-methyl/N-ethyl adjacent to an activating group) is 1. The average molecular weight is 265 g/mol. The van der Waals surface area contributed by atoms with Gasteiger partial charge in [0.1, 0.15) is 11.4 Å². The molecule has 0 aliphatic carbocycles. The third kappa shape index (κ3) is 2.95. The van der Waals surface area contributed by atoms with E-state index in [1.54, 1.807) is 12.1 Å². The largest absolute Gasteiger partial charge is 0.308 e. The number of benzene rings is 1. The molecule has 0 bridgehead atoms. The predicted octanol–water partition coefficient (Wildman–Crippen LogP) is 0.822. The molecule has 3 N–H and O–H groups in total. The van der Waals surface area contributed by atoms with Gasteiger partial charge in [-0.05, 0) is 38.7 Å². The summed E-state index contributed by atoms with van der Waals surface area (Å²) < 4.78 is 0. The molecular weight excluding hydrogens is 246 g/mol. The van der Waals surface area contributed by atoms with Crippen LogP contribution in [0.2, 0.25) is 0 Å². The van der Waals surface area contributed by atoms with Crippen LogP contribution in [-0.2, 0) is 0 Å². The summed E-state index contributed by atoms with van der Waals surface area (Å²) in [5.74, 6) is 0.197. The van der Waals surface area contributed by atoms with E-state index in [4.69, 9.17) is 0 Å². The van der Waals surface area contributed by atoms with Crippen LogP contribution < -0.4 is 15.7 Å². The highest BCUT2D eigenvalue weighted by atomic mass is 16.6. The summed E-state index contributed by atoms with van der Waals surface area (Å²) >= 11 is 0. The van der Waals surface area contributed by atoms with Crippen LogP contribution >= 0.6 is 0 Å². The Hall–Kier alpha value is -1.83. The summed E-state index contributed by atoms with van der Waals surface area (Å²) in [5, 5.41) is 21.8. The molecule has 0 spiro atoms. The molecule has 1 aliphatic rings. The summed E-state index contributed by atoms with van der Waals surface area (Å²) in [6, 6.07) is 5.35. The maximum atomic E-state index is 10.1. The topological polar surface area (TPSA) is 74.6 Å². The van der Waals surface area contributed by atoms with Crippen molar-refractivity contribution in [1.29, 1.82) is 0 Å². The summed E-state index contributed by atoms with van der Waals surface area (Å²) in [6.07, 6.45) is 0. The zero-order valence-electron chi connectivity index (χ0n) is 11.3. The Morgan fingerprint density at radius 3 is 2.68 bits per heavy atom. The molecule has 2 rings (SSSR count). The normalized spacial score (nSPS) is 16.8. The molecule has 7 heteroatoms. The second kappa shape index (κ2) is 5.43. The van der Waals surface area contributed by atoms with Crippen LogP contribution in [0, 0.1) is 6.92 Å². The smallest absolute Gasteiger partial charge is 0.244 e. The SMILES string of the molecule is Cc1ccc2c(c1)N(O)C(=NCCN(C)C)NN2O. The minimum absolute atomic E-state index is 0.197. The van der Waals surface area contributed by atoms with Crippen LogP contribution in [0.15, 0.2) is 23.2 Å². The lowest BCUT2D eigenvalue weighted by atomic mass is 10.2. The van der Waals surface area contributed by atoms with E-state index >= 15 is 0 Å². The van der Waals surface area contributed by atoms with Gasteiger partial charge in [0.05, 0.1) is 6.54 Å². The molecule has 0 aromatic heterocycles. The fourth-order valence-electron chi connectivity index (χ4n) is 1.76. The highest BCUT2D eigenvalue weighted by molar-refractivity contribution is 6.00. The summed E-state index contributed by atoms with van der Waals surface area (Å²) in [5.41, 5.74) is 4.56. The van der Waals surface area contributed by atoms with Crippen molar-refractivity contribution in [1.82, 2.24) is 10.3 Å². The van der Waals surface area contributed by atoms with Crippen LogP contribution in [0.4, 0.5) is 11.4 Å². The zero-order valence-corrected chi connectivity index (χ0v) is 11.3. The fourth-order valence-corrected chi connectivity index (χ4v) is 1.76. The van der Waals surface area contributed by atoms with Gasteiger partial charge < -0.3 is 4.90 Å². The van der Waals surface area contributed by atoms with Gasteiger partial charge in [-0.1, -0.05) is 6.07 Å². The third-order valence-corrected chi connectivity index (χ3v) is 2.80. The number of hydrazine groups is 1. The number of aryl methyl sites for hydroxylation is 1. The molecule has 0 unspecified atom stereocenters. The lowest BCUT2D eigenvalue weighted by molar-refractivity contribution is 0.216. The maximum absolute atomic E-state index is 10.1. The van der Waals surface area contributed by atoms with Crippen molar-refractivity contribution in [2.24, 2.45) is 4.99 Å². The molecule has 0 saturated heterocycles. The van der Waals surface area contributed by atoms with E-state index < -0.39 is 0 Å². The highest BCUT2D eigenvalue weighted by Gasteiger charge is 2.25. The Labute approximate surface area is 112 Å². The average Bonchev–Trinajstić information content (AvgIpc) is 2.34. The predicted molar refractivity (Wildman–Crippen MR) is 73.7 cm³/mol. The molecule has 0 atom stereocenters. The second-order valence-electron chi connectivity index (χ2n) is 4.74. The molecule has 1 aromatic rings. The number of fused-ring (bicyclic) bond motifs is 1. The minimum Gasteiger partial charge on any atom is -0.308 e. The number of nitrogens with one attached hydrogen (secondary N) is 1. The van der Waals surface area contributed by atoms with E-state index in [1.165, 1.54) is 0 Å². The van der Waals surface area contributed by atoms with E-state index in [2.05, 4.69) is 10.4 Å². The molecule has 0 radical (unpaired) electrons. The van der Waals surface area contributed by atoms with Crippen molar-refractivity contribution < 1.29 is 10.4 Å². The Kier molecular flexibility index (Phi) is 3.89.